The number of benzene rings is 2. The van der Waals surface area contributed by atoms with Gasteiger partial charge < -0.3 is 5.32 Å². The van der Waals surface area contributed by atoms with E-state index in [4.69, 9.17) is 4.98 Å². The van der Waals surface area contributed by atoms with Gasteiger partial charge in [-0.25, -0.2) is 4.98 Å². The average Bonchev–Trinajstić information content (AvgIpc) is 3.28. The van der Waals surface area contributed by atoms with E-state index in [1.165, 1.54) is 38.5 Å². The Morgan fingerprint density at radius 3 is 2.22 bits per heavy atom. The number of nitrogens with zero attached hydrogens (tertiary/aromatic N) is 1. The van der Waals surface area contributed by atoms with Crippen molar-refractivity contribution in [1.82, 2.24) is 10.3 Å². The number of carbonyl (C=O) groups excluding carboxylic acids is 1. The van der Waals surface area contributed by atoms with Crippen molar-refractivity contribution in [1.29, 1.82) is 0 Å². The molecule has 4 saturated carbocycles. The smallest absolute Gasteiger partial charge is 0.220 e. The predicted octanol–water partition coefficient (Wildman–Crippen LogP) is 6.70. The molecule has 2 aromatic carbocycles. The minimum Gasteiger partial charge on any atom is -0.352 e. The first-order valence-corrected chi connectivity index (χ1v) is 12.9. The molecule has 0 aliphatic heterocycles. The van der Waals surface area contributed by atoms with E-state index >= 15 is 0 Å². The summed E-state index contributed by atoms with van der Waals surface area (Å²) in [6.45, 7) is 0.610. The summed E-state index contributed by atoms with van der Waals surface area (Å²) in [6.07, 6.45) is 8.90. The number of thiazole rings is 1. The van der Waals surface area contributed by atoms with E-state index in [2.05, 4.69) is 47.1 Å². The number of carbonyl (C=O) groups is 1. The summed E-state index contributed by atoms with van der Waals surface area (Å²) < 4.78 is 0. The Morgan fingerprint density at radius 2 is 1.56 bits per heavy atom. The van der Waals surface area contributed by atoms with Crippen molar-refractivity contribution in [3.8, 4) is 21.8 Å². The number of rotatable bonds is 6. The van der Waals surface area contributed by atoms with Gasteiger partial charge in [0.15, 0.2) is 0 Å². The van der Waals surface area contributed by atoms with Gasteiger partial charge in [0, 0.05) is 29.5 Å². The standard InChI is InChI=1S/C28H30N2OS/c31-26(16-28-13-20-10-21(14-28)12-22(11-20)15-28)29-17-19-6-8-24(9-7-19)27-30-25(18-32-27)23-4-2-1-3-5-23/h1-9,18,20-22H,10-17H2,(H,29,31). The van der Waals surface area contributed by atoms with Crippen LogP contribution in [0.5, 0.6) is 0 Å². The highest BCUT2D eigenvalue weighted by molar-refractivity contribution is 7.13. The van der Waals surface area contributed by atoms with Crippen LogP contribution < -0.4 is 5.32 Å². The normalized spacial score (nSPS) is 28.1. The topological polar surface area (TPSA) is 42.0 Å². The zero-order chi connectivity index (χ0) is 21.5. The van der Waals surface area contributed by atoms with Crippen molar-refractivity contribution in [3.05, 3.63) is 65.5 Å². The van der Waals surface area contributed by atoms with Crippen LogP contribution >= 0.6 is 11.3 Å². The molecule has 0 saturated heterocycles. The molecule has 4 aliphatic carbocycles. The minimum atomic E-state index is 0.239. The Morgan fingerprint density at radius 1 is 0.906 bits per heavy atom. The molecule has 1 aromatic heterocycles. The van der Waals surface area contributed by atoms with E-state index in [0.29, 0.717) is 12.0 Å². The maximum Gasteiger partial charge on any atom is 0.220 e. The zero-order valence-corrected chi connectivity index (χ0v) is 19.2. The second-order valence-electron chi connectivity index (χ2n) is 10.5. The molecule has 3 nitrogen and oxygen atoms in total. The first-order valence-electron chi connectivity index (χ1n) is 12.0. The van der Waals surface area contributed by atoms with Crippen molar-refractivity contribution in [2.45, 2.75) is 51.5 Å². The van der Waals surface area contributed by atoms with Crippen LogP contribution in [0.1, 0.15) is 50.5 Å². The third kappa shape index (κ3) is 4.01. The van der Waals surface area contributed by atoms with Gasteiger partial charge in [0.2, 0.25) is 5.91 Å². The van der Waals surface area contributed by atoms with Crippen LogP contribution in [-0.4, -0.2) is 10.9 Å². The second kappa shape index (κ2) is 8.15. The maximum absolute atomic E-state index is 12.8. The average molecular weight is 443 g/mol. The van der Waals surface area contributed by atoms with Crippen molar-refractivity contribution >= 4 is 17.2 Å². The summed E-state index contributed by atoms with van der Waals surface area (Å²) in [5, 5.41) is 6.35. The molecule has 32 heavy (non-hydrogen) atoms. The van der Waals surface area contributed by atoms with E-state index in [1.54, 1.807) is 11.3 Å². The number of amides is 1. The zero-order valence-electron chi connectivity index (χ0n) is 18.4. The van der Waals surface area contributed by atoms with Gasteiger partial charge in [-0.05, 0) is 67.3 Å². The van der Waals surface area contributed by atoms with Gasteiger partial charge in [-0.2, -0.15) is 0 Å². The number of aromatic nitrogens is 1. The van der Waals surface area contributed by atoms with Crippen molar-refractivity contribution < 1.29 is 4.79 Å². The SMILES string of the molecule is O=C(CC12CC3CC(CC(C3)C1)C2)NCc1ccc(-c2nc(-c3ccccc3)cs2)cc1. The molecule has 1 amide bonds. The highest BCUT2D eigenvalue weighted by Gasteiger charge is 2.51. The lowest BCUT2D eigenvalue weighted by Crippen LogP contribution is -2.47. The van der Waals surface area contributed by atoms with E-state index in [9.17, 15) is 4.79 Å². The van der Waals surface area contributed by atoms with Crippen molar-refractivity contribution in [2.24, 2.45) is 23.2 Å². The van der Waals surface area contributed by atoms with E-state index in [0.717, 1.165) is 51.6 Å². The summed E-state index contributed by atoms with van der Waals surface area (Å²) in [5.41, 5.74) is 4.75. The second-order valence-corrected chi connectivity index (χ2v) is 11.3. The minimum absolute atomic E-state index is 0.239. The fraction of sp³-hybridized carbons (Fsp3) is 0.429. The molecule has 4 aliphatic rings. The Labute approximate surface area is 194 Å². The quantitative estimate of drug-likeness (QED) is 0.461. The molecule has 4 fully saturated rings. The molecule has 4 heteroatoms. The van der Waals surface area contributed by atoms with Crippen LogP contribution in [0.2, 0.25) is 0 Å². The van der Waals surface area contributed by atoms with Crippen LogP contribution in [0.25, 0.3) is 21.8 Å². The molecule has 0 spiro atoms. The van der Waals surface area contributed by atoms with Gasteiger partial charge in [-0.15, -0.1) is 11.3 Å². The van der Waals surface area contributed by atoms with Crippen LogP contribution in [0, 0.1) is 23.2 Å². The van der Waals surface area contributed by atoms with E-state index in [1.807, 2.05) is 18.2 Å². The number of hydrogen-bond donors (Lipinski definition) is 1. The molecule has 0 atom stereocenters. The third-order valence-corrected chi connectivity index (χ3v) is 8.86. The molecule has 7 rings (SSSR count). The fourth-order valence-corrected chi connectivity index (χ4v) is 7.86. The Bertz CT molecular complexity index is 1070. The molecule has 1 heterocycles. The first-order chi connectivity index (χ1) is 15.6. The van der Waals surface area contributed by atoms with Gasteiger partial charge in [-0.1, -0.05) is 54.6 Å². The molecule has 164 valence electrons. The summed E-state index contributed by atoms with van der Waals surface area (Å²) in [7, 11) is 0. The van der Waals surface area contributed by atoms with Gasteiger partial charge >= 0.3 is 0 Å². The molecule has 0 unspecified atom stereocenters. The molecular weight excluding hydrogens is 412 g/mol. The lowest BCUT2D eigenvalue weighted by atomic mass is 9.49. The molecule has 3 aromatic rings. The largest absolute Gasteiger partial charge is 0.352 e. The molecule has 0 radical (unpaired) electrons. The van der Waals surface area contributed by atoms with Crippen molar-refractivity contribution in [2.75, 3.05) is 0 Å². The van der Waals surface area contributed by atoms with Crippen LogP contribution in [0.4, 0.5) is 0 Å². The lowest BCUT2D eigenvalue weighted by Gasteiger charge is -2.56. The van der Waals surface area contributed by atoms with Crippen molar-refractivity contribution in [3.63, 3.8) is 0 Å². The summed E-state index contributed by atoms with van der Waals surface area (Å²) in [4.78, 5) is 17.6. The third-order valence-electron chi connectivity index (χ3n) is 7.96. The monoisotopic (exact) mass is 442 g/mol. The van der Waals surface area contributed by atoms with Gasteiger partial charge in [0.05, 0.1) is 5.69 Å². The maximum atomic E-state index is 12.8. The Kier molecular flexibility index (Phi) is 5.14. The molecular formula is C28H30N2OS. The fourth-order valence-electron chi connectivity index (χ4n) is 7.02. The van der Waals surface area contributed by atoms with E-state index < -0.39 is 0 Å². The highest BCUT2D eigenvalue weighted by Crippen LogP contribution is 2.61. The van der Waals surface area contributed by atoms with Gasteiger partial charge in [0.1, 0.15) is 5.01 Å². The number of hydrogen-bond acceptors (Lipinski definition) is 3. The predicted molar refractivity (Wildman–Crippen MR) is 130 cm³/mol. The summed E-state index contributed by atoms with van der Waals surface area (Å²) >= 11 is 1.67. The molecule has 1 N–H and O–H groups in total. The Hall–Kier alpha value is -2.46. The summed E-state index contributed by atoms with van der Waals surface area (Å²) in [5.74, 6) is 2.93. The number of nitrogens with one attached hydrogen (secondary N) is 1. The van der Waals surface area contributed by atoms with Crippen LogP contribution in [-0.2, 0) is 11.3 Å². The summed E-state index contributed by atoms with van der Waals surface area (Å²) in [6, 6.07) is 18.8. The highest BCUT2D eigenvalue weighted by atomic mass is 32.1. The van der Waals surface area contributed by atoms with Gasteiger partial charge in [0.25, 0.3) is 0 Å². The van der Waals surface area contributed by atoms with Gasteiger partial charge in [-0.3, -0.25) is 4.79 Å². The van der Waals surface area contributed by atoms with Crippen LogP contribution in [0.15, 0.2) is 60.0 Å². The first kappa shape index (κ1) is 20.2. The molecule has 4 bridgehead atoms. The lowest BCUT2D eigenvalue weighted by molar-refractivity contribution is -0.129. The Balaban J connectivity index is 1.06. The van der Waals surface area contributed by atoms with Crippen LogP contribution in [0.3, 0.4) is 0 Å². The van der Waals surface area contributed by atoms with E-state index in [-0.39, 0.29) is 5.91 Å².